The van der Waals surface area contributed by atoms with Crippen LogP contribution in [0, 0.1) is 0 Å². The molecular weight excluding hydrogens is 347 g/mol. The van der Waals surface area contributed by atoms with Crippen LogP contribution in [0.4, 0.5) is 9.52 Å². The Morgan fingerprint density at radius 2 is 1.96 bits per heavy atom. The summed E-state index contributed by atoms with van der Waals surface area (Å²) in [4.78, 5) is 28.4. The van der Waals surface area contributed by atoms with Crippen molar-refractivity contribution in [1.29, 1.82) is 0 Å². The summed E-state index contributed by atoms with van der Waals surface area (Å²) in [5.74, 6) is -1.33. The van der Waals surface area contributed by atoms with Crippen molar-refractivity contribution in [1.82, 2.24) is 4.98 Å². The van der Waals surface area contributed by atoms with E-state index in [0.717, 1.165) is 11.3 Å². The Kier molecular flexibility index (Phi) is 6.46. The molecule has 134 valence electrons. The summed E-state index contributed by atoms with van der Waals surface area (Å²) in [7, 11) is 0. The Hall–Kier alpha value is -2.48. The zero-order valence-electron chi connectivity index (χ0n) is 14.1. The second kappa shape index (κ2) is 8.57. The minimum atomic E-state index is -2.19. The van der Waals surface area contributed by atoms with Crippen LogP contribution in [0.1, 0.15) is 42.1 Å². The molecule has 1 aromatic heterocycles. The van der Waals surface area contributed by atoms with Crippen molar-refractivity contribution >= 4 is 28.3 Å². The maximum atomic E-state index is 14.0. The topological polar surface area (TPSA) is 77.5 Å². The largest absolute Gasteiger partial charge is 0.462 e. The van der Waals surface area contributed by atoms with E-state index < -0.39 is 18.2 Å². The number of benzene rings is 1. The van der Waals surface area contributed by atoms with Gasteiger partial charge < -0.3 is 9.47 Å². The molecule has 0 saturated heterocycles. The molecule has 1 unspecified atom stereocenters. The number of nitrogens with zero attached hydrogens (tertiary/aromatic N) is 1. The average Bonchev–Trinajstić information content (AvgIpc) is 3.00. The van der Waals surface area contributed by atoms with Gasteiger partial charge in [-0.25, -0.2) is 9.78 Å². The monoisotopic (exact) mass is 366 g/mol. The average molecular weight is 366 g/mol. The molecule has 0 radical (unpaired) electrons. The number of aromatic nitrogens is 1. The number of esters is 1. The van der Waals surface area contributed by atoms with Crippen LogP contribution >= 0.6 is 11.3 Å². The van der Waals surface area contributed by atoms with E-state index in [1.165, 1.54) is 0 Å². The van der Waals surface area contributed by atoms with Gasteiger partial charge >= 0.3 is 18.2 Å². The lowest BCUT2D eigenvalue weighted by Gasteiger charge is -2.10. The lowest BCUT2D eigenvalue weighted by molar-refractivity contribution is -0.129. The van der Waals surface area contributed by atoms with Gasteiger partial charge in [0.25, 0.3) is 0 Å². The van der Waals surface area contributed by atoms with E-state index in [9.17, 15) is 14.0 Å². The zero-order valence-corrected chi connectivity index (χ0v) is 14.9. The summed E-state index contributed by atoms with van der Waals surface area (Å²) in [5, 5.41) is 2.46. The van der Waals surface area contributed by atoms with Gasteiger partial charge in [-0.05, 0) is 25.0 Å². The Morgan fingerprint density at radius 1 is 1.28 bits per heavy atom. The van der Waals surface area contributed by atoms with E-state index in [2.05, 4.69) is 10.3 Å². The predicted molar refractivity (Wildman–Crippen MR) is 92.8 cm³/mol. The highest BCUT2D eigenvalue weighted by Crippen LogP contribution is 2.29. The van der Waals surface area contributed by atoms with Crippen LogP contribution in [-0.4, -0.2) is 29.8 Å². The molecule has 0 spiro atoms. The number of halogens is 1. The van der Waals surface area contributed by atoms with Crippen LogP contribution in [0.5, 0.6) is 5.75 Å². The van der Waals surface area contributed by atoms with Gasteiger partial charge in [-0.1, -0.05) is 43.4 Å². The van der Waals surface area contributed by atoms with Gasteiger partial charge in [0, 0.05) is 0 Å². The Morgan fingerprint density at radius 3 is 2.56 bits per heavy atom. The number of ether oxygens (including phenoxy) is 2. The number of thiazole rings is 1. The molecule has 0 fully saturated rings. The van der Waals surface area contributed by atoms with Crippen LogP contribution < -0.4 is 10.1 Å². The number of para-hydroxylation sites is 1. The van der Waals surface area contributed by atoms with Gasteiger partial charge in [-0.15, -0.1) is 0 Å². The van der Waals surface area contributed by atoms with Crippen molar-refractivity contribution < 1.29 is 23.5 Å². The molecule has 25 heavy (non-hydrogen) atoms. The number of anilines is 1. The fraction of sp³-hybridized carbons (Fsp3) is 0.353. The number of nitrogens with one attached hydrogen (secondary N) is 1. The van der Waals surface area contributed by atoms with Crippen LogP contribution in [0.15, 0.2) is 30.3 Å². The molecule has 0 aliphatic rings. The summed E-state index contributed by atoms with van der Waals surface area (Å²) < 4.78 is 23.9. The van der Waals surface area contributed by atoms with E-state index in [1.54, 1.807) is 37.3 Å². The molecule has 6 nitrogen and oxygen atoms in total. The van der Waals surface area contributed by atoms with Gasteiger partial charge in [0.05, 0.1) is 12.3 Å². The van der Waals surface area contributed by atoms with E-state index in [4.69, 9.17) is 9.47 Å². The molecule has 8 heteroatoms. The Bertz CT molecular complexity index is 734. The molecular formula is C17H19FN2O4S. The highest BCUT2D eigenvalue weighted by atomic mass is 32.1. The van der Waals surface area contributed by atoms with Gasteiger partial charge in [-0.3, -0.25) is 10.1 Å². The molecule has 2 aromatic rings. The smallest absolute Gasteiger partial charge is 0.350 e. The van der Waals surface area contributed by atoms with Crippen molar-refractivity contribution in [3.63, 3.8) is 0 Å². The molecule has 1 heterocycles. The van der Waals surface area contributed by atoms with Crippen LogP contribution in [-0.2, 0) is 9.53 Å². The highest BCUT2D eigenvalue weighted by Gasteiger charge is 2.25. The number of carbonyl (C=O) groups excluding carboxylic acids is 2. The van der Waals surface area contributed by atoms with Crippen LogP contribution in [0.25, 0.3) is 0 Å². The summed E-state index contributed by atoms with van der Waals surface area (Å²) in [5.41, 5.74) is 0.498. The van der Waals surface area contributed by atoms with E-state index in [1.807, 2.05) is 13.8 Å². The summed E-state index contributed by atoms with van der Waals surface area (Å²) in [6.45, 7) is 5.65. The first-order chi connectivity index (χ1) is 11.9. The maximum Gasteiger partial charge on any atom is 0.350 e. The van der Waals surface area contributed by atoms with Crippen molar-refractivity contribution in [2.45, 2.75) is 33.0 Å². The molecule has 0 bridgehead atoms. The minimum absolute atomic E-state index is 0.0527. The number of amides is 1. The number of hydrogen-bond acceptors (Lipinski definition) is 6. The van der Waals surface area contributed by atoms with Crippen LogP contribution in [0.2, 0.25) is 0 Å². The molecule has 0 saturated carbocycles. The van der Waals surface area contributed by atoms with Crippen molar-refractivity contribution in [3.8, 4) is 5.75 Å². The first-order valence-electron chi connectivity index (χ1n) is 7.76. The van der Waals surface area contributed by atoms with E-state index in [0.29, 0.717) is 10.6 Å². The van der Waals surface area contributed by atoms with E-state index >= 15 is 0 Å². The third-order valence-corrected chi connectivity index (χ3v) is 4.05. The molecule has 1 aromatic carbocycles. The SMILES string of the molecule is CCOC(=O)c1sc(NC(=O)C(F)Oc2ccccc2)nc1C(C)C. The van der Waals surface area contributed by atoms with Crippen molar-refractivity contribution in [3.05, 3.63) is 40.9 Å². The zero-order chi connectivity index (χ0) is 18.4. The summed E-state index contributed by atoms with van der Waals surface area (Å²) in [6, 6.07) is 8.17. The first kappa shape index (κ1) is 18.9. The van der Waals surface area contributed by atoms with Crippen molar-refractivity contribution in [2.24, 2.45) is 0 Å². The first-order valence-corrected chi connectivity index (χ1v) is 8.58. The Labute approximate surface area is 149 Å². The van der Waals surface area contributed by atoms with Gasteiger partial charge in [0.1, 0.15) is 10.6 Å². The third-order valence-electron chi connectivity index (χ3n) is 3.08. The second-order valence-corrected chi connectivity index (χ2v) is 6.34. The molecule has 2 rings (SSSR count). The maximum absolute atomic E-state index is 14.0. The quantitative estimate of drug-likeness (QED) is 0.755. The summed E-state index contributed by atoms with van der Waals surface area (Å²) in [6.07, 6.45) is -2.19. The predicted octanol–water partition coefficient (Wildman–Crippen LogP) is 3.76. The molecule has 1 N–H and O–H groups in total. The lowest BCUT2D eigenvalue weighted by Crippen LogP contribution is -2.28. The lowest BCUT2D eigenvalue weighted by atomic mass is 10.1. The third kappa shape index (κ3) is 4.99. The molecule has 0 aliphatic heterocycles. The fourth-order valence-electron chi connectivity index (χ4n) is 1.95. The van der Waals surface area contributed by atoms with Crippen LogP contribution in [0.3, 0.4) is 0 Å². The molecule has 1 atom stereocenters. The van der Waals surface area contributed by atoms with Gasteiger partial charge in [-0.2, -0.15) is 4.39 Å². The second-order valence-electron chi connectivity index (χ2n) is 5.34. The Balaban J connectivity index is 2.09. The summed E-state index contributed by atoms with van der Waals surface area (Å²) >= 11 is 0.948. The van der Waals surface area contributed by atoms with E-state index in [-0.39, 0.29) is 23.4 Å². The molecule has 1 amide bonds. The number of alkyl halides is 1. The number of hydrogen-bond donors (Lipinski definition) is 1. The normalized spacial score (nSPS) is 11.9. The highest BCUT2D eigenvalue weighted by molar-refractivity contribution is 7.17. The standard InChI is InChI=1S/C17H19FN2O4S/c1-4-23-16(22)13-12(10(2)3)19-17(25-13)20-15(21)14(18)24-11-8-6-5-7-9-11/h5-10,14H,4H2,1-3H3,(H,19,20,21). The van der Waals surface area contributed by atoms with Gasteiger partial charge in [0.15, 0.2) is 5.13 Å². The fourth-order valence-corrected chi connectivity index (χ4v) is 2.97. The molecule has 0 aliphatic carbocycles. The van der Waals surface area contributed by atoms with Gasteiger partial charge in [0.2, 0.25) is 0 Å². The number of carbonyl (C=O) groups is 2. The number of rotatable bonds is 7. The minimum Gasteiger partial charge on any atom is -0.462 e. The van der Waals surface area contributed by atoms with Crippen molar-refractivity contribution in [2.75, 3.05) is 11.9 Å².